The Balaban J connectivity index is 2.96. The second-order valence-electron chi connectivity index (χ2n) is 7.89. The first kappa shape index (κ1) is 30.7. The number of ether oxygens (including phenoxy) is 6. The van der Waals surface area contributed by atoms with Crippen LogP contribution in [-0.4, -0.2) is 63.8 Å². The fourth-order valence-electron chi connectivity index (χ4n) is 2.76. The average Bonchev–Trinajstić information content (AvgIpc) is 2.88. The summed E-state index contributed by atoms with van der Waals surface area (Å²) < 4.78 is 30.3. The third-order valence-corrected chi connectivity index (χ3v) is 4.92. The normalized spacial score (nSPS) is 12.1. The van der Waals surface area contributed by atoms with Crippen molar-refractivity contribution >= 4 is 24.2 Å². The number of methoxy groups -OCH3 is 1. The van der Waals surface area contributed by atoms with Crippen LogP contribution in [0.25, 0.3) is 0 Å². The summed E-state index contributed by atoms with van der Waals surface area (Å²) in [5, 5.41) is 3.00. The van der Waals surface area contributed by atoms with Crippen molar-refractivity contribution in [3.8, 4) is 11.5 Å². The standard InChI is InChI=1S/C25H37NO10/c1-6-12-33-24(29)35-20-10-9-18(16-21(20)36-25(30)34-13-7-2)15-19(23(28)31-5)26-11-14-32-22(27)17(4)8-3/h9-10,16-17,19,26H,6-8,11-15H2,1-5H3/t17?,19-/m0/s1. The Morgan fingerprint density at radius 3 is 2.00 bits per heavy atom. The van der Waals surface area contributed by atoms with Gasteiger partial charge < -0.3 is 33.7 Å². The molecule has 0 aromatic heterocycles. The van der Waals surface area contributed by atoms with E-state index in [1.54, 1.807) is 13.0 Å². The predicted molar refractivity (Wildman–Crippen MR) is 129 cm³/mol. The maximum Gasteiger partial charge on any atom is 0.513 e. The van der Waals surface area contributed by atoms with Gasteiger partial charge in [0.2, 0.25) is 0 Å². The second kappa shape index (κ2) is 17.1. The second-order valence-corrected chi connectivity index (χ2v) is 7.89. The molecule has 1 aromatic rings. The summed E-state index contributed by atoms with van der Waals surface area (Å²) in [6, 6.07) is 3.70. The molecule has 0 heterocycles. The van der Waals surface area contributed by atoms with Crippen LogP contribution in [0.1, 0.15) is 52.5 Å². The fraction of sp³-hybridized carbons (Fsp3) is 0.600. The Morgan fingerprint density at radius 2 is 1.44 bits per heavy atom. The number of hydrogen-bond donors (Lipinski definition) is 1. The van der Waals surface area contributed by atoms with Crippen LogP contribution in [-0.2, 0) is 35.0 Å². The predicted octanol–water partition coefficient (Wildman–Crippen LogP) is 3.80. The van der Waals surface area contributed by atoms with Gasteiger partial charge in [0, 0.05) is 6.54 Å². The smallest absolute Gasteiger partial charge is 0.468 e. The Labute approximate surface area is 211 Å². The lowest BCUT2D eigenvalue weighted by Crippen LogP contribution is -2.41. The molecule has 0 radical (unpaired) electrons. The highest BCUT2D eigenvalue weighted by Gasteiger charge is 2.22. The summed E-state index contributed by atoms with van der Waals surface area (Å²) in [6.45, 7) is 7.97. The van der Waals surface area contributed by atoms with Gasteiger partial charge in [0.05, 0.1) is 26.2 Å². The zero-order valence-corrected chi connectivity index (χ0v) is 21.6. The third-order valence-electron chi connectivity index (χ3n) is 4.92. The molecule has 0 bridgehead atoms. The lowest BCUT2D eigenvalue weighted by Gasteiger charge is -2.18. The molecule has 0 fully saturated rings. The zero-order valence-electron chi connectivity index (χ0n) is 21.6. The topological polar surface area (TPSA) is 136 Å². The van der Waals surface area contributed by atoms with Crippen LogP contribution in [0.5, 0.6) is 11.5 Å². The first-order valence-corrected chi connectivity index (χ1v) is 12.1. The molecule has 11 heteroatoms. The van der Waals surface area contributed by atoms with Crippen LogP contribution in [0, 0.1) is 5.92 Å². The molecule has 1 aromatic carbocycles. The molecule has 1 N–H and O–H groups in total. The van der Waals surface area contributed by atoms with Gasteiger partial charge in [-0.15, -0.1) is 0 Å². The molecule has 2 atom stereocenters. The Hall–Kier alpha value is -3.34. The summed E-state index contributed by atoms with van der Waals surface area (Å²) in [4.78, 5) is 48.1. The van der Waals surface area contributed by atoms with E-state index in [9.17, 15) is 19.2 Å². The first-order valence-electron chi connectivity index (χ1n) is 12.1. The number of nitrogens with one attached hydrogen (secondary N) is 1. The maximum atomic E-state index is 12.3. The lowest BCUT2D eigenvalue weighted by molar-refractivity contribution is -0.147. The van der Waals surface area contributed by atoms with Crippen LogP contribution >= 0.6 is 0 Å². The third kappa shape index (κ3) is 11.4. The van der Waals surface area contributed by atoms with Crippen molar-refractivity contribution in [2.45, 2.75) is 59.4 Å². The molecule has 0 aliphatic carbocycles. The SMILES string of the molecule is CCCOC(=O)Oc1ccc(C[C@H](NCCOC(=O)C(C)CC)C(=O)OC)cc1OC(=O)OCCC. The van der Waals surface area contributed by atoms with Gasteiger partial charge in [0.15, 0.2) is 11.5 Å². The molecule has 1 rings (SSSR count). The minimum Gasteiger partial charge on any atom is -0.468 e. The first-order chi connectivity index (χ1) is 17.2. The number of carbonyl (C=O) groups is 4. The van der Waals surface area contributed by atoms with Gasteiger partial charge >= 0.3 is 24.2 Å². The molecule has 202 valence electrons. The van der Waals surface area contributed by atoms with Crippen molar-refractivity contribution in [3.05, 3.63) is 23.8 Å². The highest BCUT2D eigenvalue weighted by molar-refractivity contribution is 5.76. The summed E-state index contributed by atoms with van der Waals surface area (Å²) in [6.07, 6.45) is 0.112. The van der Waals surface area contributed by atoms with Gasteiger partial charge in [0.25, 0.3) is 0 Å². The summed E-state index contributed by atoms with van der Waals surface area (Å²) in [7, 11) is 1.26. The van der Waals surface area contributed by atoms with Gasteiger partial charge in [-0.2, -0.15) is 0 Å². The Bertz CT molecular complexity index is 857. The van der Waals surface area contributed by atoms with Gasteiger partial charge in [-0.05, 0) is 43.4 Å². The van der Waals surface area contributed by atoms with Crippen molar-refractivity contribution in [3.63, 3.8) is 0 Å². The van der Waals surface area contributed by atoms with Crippen molar-refractivity contribution in [2.75, 3.05) is 33.5 Å². The van der Waals surface area contributed by atoms with Gasteiger partial charge in [-0.1, -0.05) is 33.8 Å². The van der Waals surface area contributed by atoms with E-state index < -0.39 is 24.3 Å². The fourth-order valence-corrected chi connectivity index (χ4v) is 2.76. The van der Waals surface area contributed by atoms with Crippen molar-refractivity contribution in [2.24, 2.45) is 5.92 Å². The quantitative estimate of drug-likeness (QED) is 0.159. The van der Waals surface area contributed by atoms with Crippen molar-refractivity contribution in [1.82, 2.24) is 5.32 Å². The minimum absolute atomic E-state index is 0.0483. The molecule has 0 saturated heterocycles. The molecule has 0 saturated carbocycles. The number of hydrogen-bond acceptors (Lipinski definition) is 11. The lowest BCUT2D eigenvalue weighted by atomic mass is 10.1. The Morgan fingerprint density at radius 1 is 0.833 bits per heavy atom. The van der Waals surface area contributed by atoms with E-state index >= 15 is 0 Å². The molecular weight excluding hydrogens is 474 g/mol. The van der Waals surface area contributed by atoms with Gasteiger partial charge in [-0.25, -0.2) is 9.59 Å². The monoisotopic (exact) mass is 511 g/mol. The molecule has 0 spiro atoms. The van der Waals surface area contributed by atoms with Crippen LogP contribution in [0.4, 0.5) is 9.59 Å². The van der Waals surface area contributed by atoms with Gasteiger partial charge in [0.1, 0.15) is 12.6 Å². The van der Waals surface area contributed by atoms with E-state index in [2.05, 4.69) is 5.32 Å². The Kier molecular flexibility index (Phi) is 14.6. The molecule has 11 nitrogen and oxygen atoms in total. The molecular formula is C25H37NO10. The molecule has 1 unspecified atom stereocenters. The number of rotatable bonds is 15. The highest BCUT2D eigenvalue weighted by atomic mass is 16.7. The summed E-state index contributed by atoms with van der Waals surface area (Å²) in [5.41, 5.74) is 0.571. The van der Waals surface area contributed by atoms with E-state index in [-0.39, 0.29) is 56.2 Å². The van der Waals surface area contributed by atoms with Crippen molar-refractivity contribution in [1.29, 1.82) is 0 Å². The van der Waals surface area contributed by atoms with E-state index in [1.807, 2.05) is 20.8 Å². The molecule has 0 amide bonds. The molecule has 0 aliphatic rings. The van der Waals surface area contributed by atoms with Crippen LogP contribution in [0.2, 0.25) is 0 Å². The molecule has 36 heavy (non-hydrogen) atoms. The summed E-state index contributed by atoms with van der Waals surface area (Å²) in [5.74, 6) is -1.17. The van der Waals surface area contributed by atoms with Crippen LogP contribution in [0.3, 0.4) is 0 Å². The van der Waals surface area contributed by atoms with E-state index in [0.29, 0.717) is 24.8 Å². The van der Waals surface area contributed by atoms with Crippen molar-refractivity contribution < 1.29 is 47.6 Å². The van der Waals surface area contributed by atoms with E-state index in [4.69, 9.17) is 28.4 Å². The average molecular weight is 512 g/mol. The van der Waals surface area contributed by atoms with E-state index in [1.165, 1.54) is 19.2 Å². The maximum absolute atomic E-state index is 12.3. The zero-order chi connectivity index (χ0) is 26.9. The number of carbonyl (C=O) groups excluding carboxylic acids is 4. The molecule has 0 aliphatic heterocycles. The number of esters is 2. The highest BCUT2D eigenvalue weighted by Crippen LogP contribution is 2.30. The minimum atomic E-state index is -0.966. The van der Waals surface area contributed by atoms with Crippen LogP contribution in [0.15, 0.2) is 18.2 Å². The summed E-state index contributed by atoms with van der Waals surface area (Å²) >= 11 is 0. The number of benzene rings is 1. The largest absolute Gasteiger partial charge is 0.513 e. The van der Waals surface area contributed by atoms with Gasteiger partial charge in [-0.3, -0.25) is 9.59 Å². The van der Waals surface area contributed by atoms with E-state index in [0.717, 1.165) is 0 Å². The van der Waals surface area contributed by atoms with Crippen LogP contribution < -0.4 is 14.8 Å².